The fourth-order valence-electron chi connectivity index (χ4n) is 2.51. The summed E-state index contributed by atoms with van der Waals surface area (Å²) in [5.41, 5.74) is 0. The van der Waals surface area contributed by atoms with Gasteiger partial charge in [0.2, 0.25) is 0 Å². The van der Waals surface area contributed by atoms with Gasteiger partial charge in [-0.25, -0.2) is 0 Å². The van der Waals surface area contributed by atoms with Crippen molar-refractivity contribution in [2.45, 2.75) is 65.0 Å². The van der Waals surface area contributed by atoms with Gasteiger partial charge in [-0.2, -0.15) is 0 Å². The highest BCUT2D eigenvalue weighted by Crippen LogP contribution is 2.14. The minimum absolute atomic E-state index is 0.688. The summed E-state index contributed by atoms with van der Waals surface area (Å²) in [5.74, 6) is 0.855. The van der Waals surface area contributed by atoms with Crippen molar-refractivity contribution < 1.29 is 0 Å². The standard InChI is InChI=1S/C14H30N2/c1-12(2)7-5-8-13(3)15-11-14-9-6-10-16(14)4/h12-15H,5-11H2,1-4H3. The molecule has 1 aliphatic heterocycles. The largest absolute Gasteiger partial charge is 0.313 e. The average molecular weight is 226 g/mol. The molecule has 0 aromatic heterocycles. The molecule has 0 aromatic rings. The van der Waals surface area contributed by atoms with Crippen molar-refractivity contribution in [1.82, 2.24) is 10.2 Å². The van der Waals surface area contributed by atoms with Crippen LogP contribution in [0.15, 0.2) is 0 Å². The lowest BCUT2D eigenvalue weighted by Crippen LogP contribution is -2.39. The first kappa shape index (κ1) is 14.0. The molecule has 0 aromatic carbocycles. The van der Waals surface area contributed by atoms with E-state index in [-0.39, 0.29) is 0 Å². The smallest absolute Gasteiger partial charge is 0.0218 e. The van der Waals surface area contributed by atoms with Gasteiger partial charge in [-0.15, -0.1) is 0 Å². The highest BCUT2D eigenvalue weighted by atomic mass is 15.2. The molecule has 1 N–H and O–H groups in total. The highest BCUT2D eigenvalue weighted by molar-refractivity contribution is 4.79. The van der Waals surface area contributed by atoms with Crippen LogP contribution in [0.1, 0.15) is 52.9 Å². The fourth-order valence-corrected chi connectivity index (χ4v) is 2.51. The zero-order valence-electron chi connectivity index (χ0n) is 11.6. The van der Waals surface area contributed by atoms with Crippen LogP contribution in [-0.4, -0.2) is 37.1 Å². The lowest BCUT2D eigenvalue weighted by Gasteiger charge is -2.22. The quantitative estimate of drug-likeness (QED) is 0.718. The van der Waals surface area contributed by atoms with Gasteiger partial charge in [0, 0.05) is 18.6 Å². The Kier molecular flexibility index (Phi) is 6.37. The van der Waals surface area contributed by atoms with Crippen molar-refractivity contribution in [2.75, 3.05) is 20.1 Å². The third kappa shape index (κ3) is 5.31. The maximum atomic E-state index is 3.69. The van der Waals surface area contributed by atoms with Gasteiger partial charge < -0.3 is 10.2 Å². The molecule has 0 spiro atoms. The third-order valence-corrected chi connectivity index (χ3v) is 3.79. The Bertz CT molecular complexity index is 180. The van der Waals surface area contributed by atoms with Gasteiger partial charge in [0.15, 0.2) is 0 Å². The first-order valence-corrected chi connectivity index (χ1v) is 7.03. The minimum Gasteiger partial charge on any atom is -0.313 e. The summed E-state index contributed by atoms with van der Waals surface area (Å²) < 4.78 is 0. The molecule has 0 amide bonds. The number of nitrogens with zero attached hydrogens (tertiary/aromatic N) is 1. The van der Waals surface area contributed by atoms with E-state index in [2.05, 4.69) is 38.0 Å². The number of rotatable bonds is 7. The van der Waals surface area contributed by atoms with Gasteiger partial charge in [0.25, 0.3) is 0 Å². The van der Waals surface area contributed by atoms with Crippen molar-refractivity contribution in [3.8, 4) is 0 Å². The summed E-state index contributed by atoms with van der Waals surface area (Å²) in [5, 5.41) is 3.69. The Morgan fingerprint density at radius 3 is 2.56 bits per heavy atom. The second-order valence-corrected chi connectivity index (χ2v) is 5.91. The highest BCUT2D eigenvalue weighted by Gasteiger charge is 2.20. The van der Waals surface area contributed by atoms with Crippen molar-refractivity contribution in [2.24, 2.45) is 5.92 Å². The van der Waals surface area contributed by atoms with Gasteiger partial charge in [0.05, 0.1) is 0 Å². The van der Waals surface area contributed by atoms with Gasteiger partial charge in [0.1, 0.15) is 0 Å². The zero-order valence-corrected chi connectivity index (χ0v) is 11.6. The van der Waals surface area contributed by atoms with Crippen molar-refractivity contribution >= 4 is 0 Å². The monoisotopic (exact) mass is 226 g/mol. The van der Waals surface area contributed by atoms with Crippen LogP contribution in [0, 0.1) is 5.92 Å². The van der Waals surface area contributed by atoms with Gasteiger partial charge in [-0.1, -0.05) is 26.7 Å². The van der Waals surface area contributed by atoms with Crippen LogP contribution >= 0.6 is 0 Å². The lowest BCUT2D eigenvalue weighted by molar-refractivity contribution is 0.289. The average Bonchev–Trinajstić information content (AvgIpc) is 2.60. The lowest BCUT2D eigenvalue weighted by atomic mass is 10.0. The van der Waals surface area contributed by atoms with E-state index in [1.54, 1.807) is 0 Å². The fraction of sp³-hybridized carbons (Fsp3) is 1.00. The SMILES string of the molecule is CC(C)CCCC(C)NCC1CCCN1C. The maximum absolute atomic E-state index is 3.69. The van der Waals surface area contributed by atoms with Crippen LogP contribution in [0.3, 0.4) is 0 Å². The molecule has 2 heteroatoms. The number of likely N-dealkylation sites (tertiary alicyclic amines) is 1. The van der Waals surface area contributed by atoms with Gasteiger partial charge in [-0.3, -0.25) is 0 Å². The van der Waals surface area contributed by atoms with E-state index in [9.17, 15) is 0 Å². The zero-order chi connectivity index (χ0) is 12.0. The van der Waals surface area contributed by atoms with Crippen molar-refractivity contribution in [3.63, 3.8) is 0 Å². The molecule has 0 saturated carbocycles. The van der Waals surface area contributed by atoms with Crippen LogP contribution in [-0.2, 0) is 0 Å². The predicted molar refractivity (Wildman–Crippen MR) is 71.8 cm³/mol. The molecule has 2 unspecified atom stereocenters. The molecule has 1 rings (SSSR count). The molecule has 0 bridgehead atoms. The Morgan fingerprint density at radius 2 is 2.00 bits per heavy atom. The minimum atomic E-state index is 0.688. The first-order chi connectivity index (χ1) is 7.59. The Hall–Kier alpha value is -0.0800. The second kappa shape index (κ2) is 7.29. The molecule has 1 aliphatic rings. The van der Waals surface area contributed by atoms with Crippen LogP contribution in [0.5, 0.6) is 0 Å². The predicted octanol–water partition coefficient (Wildman–Crippen LogP) is 2.89. The molecular weight excluding hydrogens is 196 g/mol. The van der Waals surface area contributed by atoms with E-state index in [1.807, 2.05) is 0 Å². The van der Waals surface area contributed by atoms with Crippen LogP contribution in [0.4, 0.5) is 0 Å². The van der Waals surface area contributed by atoms with E-state index in [1.165, 1.54) is 45.2 Å². The number of nitrogens with one attached hydrogen (secondary N) is 1. The Balaban J connectivity index is 2.03. The Labute approximate surface area is 102 Å². The molecule has 1 fully saturated rings. The molecule has 0 radical (unpaired) electrons. The summed E-state index contributed by atoms with van der Waals surface area (Å²) in [6, 6.07) is 1.47. The van der Waals surface area contributed by atoms with E-state index in [0.29, 0.717) is 6.04 Å². The summed E-state index contributed by atoms with van der Waals surface area (Å²) in [6.45, 7) is 9.42. The molecular formula is C14H30N2. The summed E-state index contributed by atoms with van der Waals surface area (Å²) in [7, 11) is 2.25. The normalized spacial score (nSPS) is 24.2. The van der Waals surface area contributed by atoms with Gasteiger partial charge >= 0.3 is 0 Å². The van der Waals surface area contributed by atoms with E-state index < -0.39 is 0 Å². The first-order valence-electron chi connectivity index (χ1n) is 7.03. The summed E-state index contributed by atoms with van der Waals surface area (Å²) in [6.07, 6.45) is 6.82. The molecule has 1 heterocycles. The van der Waals surface area contributed by atoms with E-state index in [4.69, 9.17) is 0 Å². The van der Waals surface area contributed by atoms with Gasteiger partial charge in [-0.05, 0) is 45.7 Å². The molecule has 2 atom stereocenters. The molecule has 96 valence electrons. The van der Waals surface area contributed by atoms with Crippen LogP contribution in [0.2, 0.25) is 0 Å². The summed E-state index contributed by atoms with van der Waals surface area (Å²) in [4.78, 5) is 2.49. The van der Waals surface area contributed by atoms with E-state index >= 15 is 0 Å². The number of hydrogen-bond donors (Lipinski definition) is 1. The maximum Gasteiger partial charge on any atom is 0.0218 e. The van der Waals surface area contributed by atoms with Crippen LogP contribution in [0.25, 0.3) is 0 Å². The summed E-state index contributed by atoms with van der Waals surface area (Å²) >= 11 is 0. The number of likely N-dealkylation sites (N-methyl/N-ethyl adjacent to an activating group) is 1. The molecule has 16 heavy (non-hydrogen) atoms. The van der Waals surface area contributed by atoms with Crippen molar-refractivity contribution in [3.05, 3.63) is 0 Å². The topological polar surface area (TPSA) is 15.3 Å². The number of hydrogen-bond acceptors (Lipinski definition) is 2. The van der Waals surface area contributed by atoms with Crippen molar-refractivity contribution in [1.29, 1.82) is 0 Å². The van der Waals surface area contributed by atoms with E-state index in [0.717, 1.165) is 12.0 Å². The second-order valence-electron chi connectivity index (χ2n) is 5.91. The third-order valence-electron chi connectivity index (χ3n) is 3.79. The molecule has 1 saturated heterocycles. The molecule has 0 aliphatic carbocycles. The van der Waals surface area contributed by atoms with Crippen LogP contribution < -0.4 is 5.32 Å². The molecule has 2 nitrogen and oxygen atoms in total. The Morgan fingerprint density at radius 1 is 1.25 bits per heavy atom.